The Kier molecular flexibility index (Phi) is 8.41. The van der Waals surface area contributed by atoms with Crippen LogP contribution in [0, 0.1) is 13.8 Å². The molecule has 0 saturated carbocycles. The predicted octanol–water partition coefficient (Wildman–Crippen LogP) is 4.21. The lowest BCUT2D eigenvalue weighted by Gasteiger charge is -2.27. The highest BCUT2D eigenvalue weighted by Gasteiger charge is 2.32. The summed E-state index contributed by atoms with van der Waals surface area (Å²) in [5.74, 6) is -0.343. The third kappa shape index (κ3) is 4.77. The topological polar surface area (TPSA) is 77.8 Å². The molecule has 1 aromatic carbocycles. The maximum Gasteiger partial charge on any atom is 0.355 e. The summed E-state index contributed by atoms with van der Waals surface area (Å²) in [5.41, 5.74) is 2.51. The van der Waals surface area contributed by atoms with Gasteiger partial charge in [0.05, 0.1) is 19.8 Å². The van der Waals surface area contributed by atoms with Crippen molar-refractivity contribution in [2.45, 2.75) is 47.2 Å². The van der Waals surface area contributed by atoms with Gasteiger partial charge >= 0.3 is 5.97 Å². The van der Waals surface area contributed by atoms with Gasteiger partial charge in [-0.05, 0) is 64.4 Å². The van der Waals surface area contributed by atoms with Crippen molar-refractivity contribution in [3.63, 3.8) is 0 Å². The monoisotopic (exact) mass is 440 g/mol. The maximum absolute atomic E-state index is 13.6. The van der Waals surface area contributed by atoms with Crippen LogP contribution < -0.4 is 4.74 Å². The number of ether oxygens (including phenoxy) is 2. The van der Waals surface area contributed by atoms with Crippen molar-refractivity contribution in [3.05, 3.63) is 65.0 Å². The maximum atomic E-state index is 13.6. The Morgan fingerprint density at radius 1 is 1.16 bits per heavy atom. The van der Waals surface area contributed by atoms with Crippen LogP contribution in [0.2, 0.25) is 0 Å². The van der Waals surface area contributed by atoms with Gasteiger partial charge in [-0.2, -0.15) is 0 Å². The number of benzene rings is 1. The first-order valence-electron chi connectivity index (χ1n) is 10.7. The minimum absolute atomic E-state index is 0.203. The summed E-state index contributed by atoms with van der Waals surface area (Å²) in [6.07, 6.45) is 1.59. The van der Waals surface area contributed by atoms with E-state index in [0.29, 0.717) is 40.4 Å². The summed E-state index contributed by atoms with van der Waals surface area (Å²) < 4.78 is 12.1. The molecular formula is C25H32N2O5. The second-order valence-corrected chi connectivity index (χ2v) is 7.41. The standard InChI is InChI=1S/C25H32N2O5/c1-8-15-27(24(29)19-11-13-20(31-7)14-12-19)18(6)23(28)21-16(4)22(25(30)32-10-3)26(9-2)17(21)5/h8,11-14,18H,1,9-10,15H2,2-7H3. The molecule has 0 radical (unpaired) electrons. The molecule has 2 rings (SSSR count). The molecule has 1 aromatic heterocycles. The van der Waals surface area contributed by atoms with Gasteiger partial charge in [-0.3, -0.25) is 9.59 Å². The van der Waals surface area contributed by atoms with Gasteiger partial charge in [-0.25, -0.2) is 4.79 Å². The number of amides is 1. The highest BCUT2D eigenvalue weighted by Crippen LogP contribution is 2.26. The van der Waals surface area contributed by atoms with E-state index in [0.717, 1.165) is 0 Å². The second kappa shape index (κ2) is 10.8. The molecule has 32 heavy (non-hydrogen) atoms. The van der Waals surface area contributed by atoms with Crippen molar-refractivity contribution in [1.29, 1.82) is 0 Å². The van der Waals surface area contributed by atoms with Crippen molar-refractivity contribution in [2.24, 2.45) is 0 Å². The molecule has 2 aromatic rings. The zero-order valence-electron chi connectivity index (χ0n) is 19.7. The van der Waals surface area contributed by atoms with Gasteiger partial charge in [0.15, 0.2) is 5.78 Å². The van der Waals surface area contributed by atoms with Crippen molar-refractivity contribution < 1.29 is 23.9 Å². The summed E-state index contributed by atoms with van der Waals surface area (Å²) in [7, 11) is 1.55. The van der Waals surface area contributed by atoms with E-state index in [1.54, 1.807) is 62.8 Å². The Morgan fingerprint density at radius 3 is 2.28 bits per heavy atom. The molecule has 0 aliphatic rings. The Balaban J connectivity index is 2.46. The number of rotatable bonds is 10. The highest BCUT2D eigenvalue weighted by atomic mass is 16.5. The number of hydrogen-bond donors (Lipinski definition) is 0. The number of nitrogens with zero attached hydrogens (tertiary/aromatic N) is 2. The van der Waals surface area contributed by atoms with Crippen LogP contribution in [-0.4, -0.2) is 53.4 Å². The van der Waals surface area contributed by atoms with Gasteiger partial charge in [-0.1, -0.05) is 6.08 Å². The molecule has 1 heterocycles. The van der Waals surface area contributed by atoms with Crippen LogP contribution in [0.3, 0.4) is 0 Å². The molecule has 7 nitrogen and oxygen atoms in total. The smallest absolute Gasteiger partial charge is 0.355 e. The molecule has 1 unspecified atom stereocenters. The van der Waals surface area contributed by atoms with E-state index in [1.165, 1.54) is 4.90 Å². The molecule has 0 N–H and O–H groups in total. The molecule has 0 saturated heterocycles. The highest BCUT2D eigenvalue weighted by molar-refractivity contribution is 6.07. The SMILES string of the molecule is C=CCN(C(=O)c1ccc(OC)cc1)C(C)C(=O)c1c(C)c(C(=O)OCC)n(CC)c1C. The summed E-state index contributed by atoms with van der Waals surface area (Å²) >= 11 is 0. The van der Waals surface area contributed by atoms with Crippen molar-refractivity contribution in [2.75, 3.05) is 20.3 Å². The van der Waals surface area contributed by atoms with Gasteiger partial charge < -0.3 is 18.9 Å². The molecule has 7 heteroatoms. The third-order valence-electron chi connectivity index (χ3n) is 5.57. The van der Waals surface area contributed by atoms with Crippen LogP contribution in [-0.2, 0) is 11.3 Å². The van der Waals surface area contributed by atoms with E-state index in [2.05, 4.69) is 6.58 Å². The molecule has 1 amide bonds. The van der Waals surface area contributed by atoms with Crippen molar-refractivity contribution in [3.8, 4) is 5.75 Å². The zero-order chi connectivity index (χ0) is 24.0. The van der Waals surface area contributed by atoms with Crippen LogP contribution in [0.4, 0.5) is 0 Å². The summed E-state index contributed by atoms with van der Waals surface area (Å²) in [6.45, 7) is 13.6. The summed E-state index contributed by atoms with van der Waals surface area (Å²) in [5, 5.41) is 0. The number of esters is 1. The third-order valence-corrected chi connectivity index (χ3v) is 5.57. The lowest BCUT2D eigenvalue weighted by atomic mass is 9.99. The molecule has 0 spiro atoms. The average Bonchev–Trinajstić information content (AvgIpc) is 3.05. The van der Waals surface area contributed by atoms with Crippen molar-refractivity contribution >= 4 is 17.7 Å². The lowest BCUT2D eigenvalue weighted by Crippen LogP contribution is -2.43. The first-order valence-corrected chi connectivity index (χ1v) is 10.7. The largest absolute Gasteiger partial charge is 0.497 e. The van der Waals surface area contributed by atoms with E-state index in [4.69, 9.17) is 9.47 Å². The van der Waals surface area contributed by atoms with Gasteiger partial charge in [0, 0.05) is 29.9 Å². The molecule has 0 aliphatic carbocycles. The van der Waals surface area contributed by atoms with Gasteiger partial charge in [-0.15, -0.1) is 6.58 Å². The first kappa shape index (κ1) is 24.9. The number of Topliss-reactive ketones (excluding diaryl/α,β-unsaturated/α-hetero) is 1. The van der Waals surface area contributed by atoms with Crippen LogP contribution in [0.1, 0.15) is 63.2 Å². The average molecular weight is 441 g/mol. The van der Waals surface area contributed by atoms with Gasteiger partial charge in [0.2, 0.25) is 0 Å². The molecular weight excluding hydrogens is 408 g/mol. The van der Waals surface area contributed by atoms with E-state index >= 15 is 0 Å². The molecule has 0 aliphatic heterocycles. The zero-order valence-corrected chi connectivity index (χ0v) is 19.7. The number of hydrogen-bond acceptors (Lipinski definition) is 5. The number of carbonyl (C=O) groups excluding carboxylic acids is 3. The van der Waals surface area contributed by atoms with Crippen LogP contribution in [0.5, 0.6) is 5.75 Å². The van der Waals surface area contributed by atoms with Crippen LogP contribution in [0.25, 0.3) is 0 Å². The predicted molar refractivity (Wildman–Crippen MR) is 124 cm³/mol. The second-order valence-electron chi connectivity index (χ2n) is 7.41. The summed E-state index contributed by atoms with van der Waals surface area (Å²) in [6, 6.07) is 5.97. The minimum Gasteiger partial charge on any atom is -0.497 e. The van der Waals surface area contributed by atoms with E-state index in [9.17, 15) is 14.4 Å². The van der Waals surface area contributed by atoms with Gasteiger partial charge in [0.25, 0.3) is 5.91 Å². The van der Waals surface area contributed by atoms with Crippen LogP contribution >= 0.6 is 0 Å². The Morgan fingerprint density at radius 2 is 1.78 bits per heavy atom. The number of ketones is 1. The normalized spacial score (nSPS) is 11.6. The number of carbonyl (C=O) groups is 3. The van der Waals surface area contributed by atoms with E-state index in [1.807, 2.05) is 13.8 Å². The number of aromatic nitrogens is 1. The summed E-state index contributed by atoms with van der Waals surface area (Å²) in [4.78, 5) is 40.8. The fraction of sp³-hybridized carbons (Fsp3) is 0.400. The molecule has 0 fully saturated rings. The fourth-order valence-electron chi connectivity index (χ4n) is 3.92. The Bertz CT molecular complexity index is 1000. The lowest BCUT2D eigenvalue weighted by molar-refractivity contribution is 0.0512. The van der Waals surface area contributed by atoms with Gasteiger partial charge in [0.1, 0.15) is 11.4 Å². The van der Waals surface area contributed by atoms with E-state index < -0.39 is 12.0 Å². The van der Waals surface area contributed by atoms with Crippen molar-refractivity contribution in [1.82, 2.24) is 9.47 Å². The Labute approximate surface area is 189 Å². The van der Waals surface area contributed by atoms with E-state index in [-0.39, 0.29) is 24.8 Å². The first-order chi connectivity index (χ1) is 15.2. The van der Waals surface area contributed by atoms with Crippen LogP contribution in [0.15, 0.2) is 36.9 Å². The number of methoxy groups -OCH3 is 1. The molecule has 0 bridgehead atoms. The fourth-order valence-corrected chi connectivity index (χ4v) is 3.92. The molecule has 172 valence electrons. The molecule has 1 atom stereocenters. The minimum atomic E-state index is -0.761. The quantitative estimate of drug-likeness (QED) is 0.314. The Hall–Kier alpha value is -3.35.